The molecule has 0 amide bonds. The van der Waals surface area contributed by atoms with Crippen LogP contribution < -0.4 is 0 Å². The van der Waals surface area contributed by atoms with Crippen LogP contribution in [0, 0.1) is 46.3 Å². The molecule has 10 atom stereocenters. The first kappa shape index (κ1) is 22.8. The summed E-state index contributed by atoms with van der Waals surface area (Å²) in [5.41, 5.74) is -0.0107. The van der Waals surface area contributed by atoms with Crippen molar-refractivity contribution < 1.29 is 23.9 Å². The van der Waals surface area contributed by atoms with Crippen LogP contribution in [0.25, 0.3) is 0 Å². The first-order valence-electron chi connectivity index (χ1n) is 12.3. The van der Waals surface area contributed by atoms with E-state index in [2.05, 4.69) is 20.8 Å². The van der Waals surface area contributed by atoms with Gasteiger partial charge in [0.25, 0.3) is 0 Å². The van der Waals surface area contributed by atoms with Crippen molar-refractivity contribution in [1.82, 2.24) is 0 Å². The maximum atomic E-state index is 12.7. The number of esters is 2. The maximum Gasteiger partial charge on any atom is 0.302 e. The van der Waals surface area contributed by atoms with E-state index in [0.29, 0.717) is 35.4 Å². The number of ether oxygens (including phenoxy) is 2. The SMILES string of the molecule is CC(=O)O[C@@H]1CC[C@@]2(C)[C@H](CC[C@@H]3[C@H]2[C@H](OC(C)=O)C[C@@]2(C)[C@H]3C[C@@H](C)[C@@H]2C(C)=O)C1. The molecule has 4 rings (SSSR count). The highest BCUT2D eigenvalue weighted by Gasteiger charge is 2.66. The summed E-state index contributed by atoms with van der Waals surface area (Å²) in [7, 11) is 0. The van der Waals surface area contributed by atoms with Gasteiger partial charge in [0.1, 0.15) is 18.0 Å². The van der Waals surface area contributed by atoms with E-state index >= 15 is 0 Å². The summed E-state index contributed by atoms with van der Waals surface area (Å²) in [5, 5.41) is 0. The Bertz CT molecular complexity index is 761. The quantitative estimate of drug-likeness (QED) is 0.590. The molecule has 0 saturated heterocycles. The largest absolute Gasteiger partial charge is 0.463 e. The molecule has 0 spiro atoms. The zero-order chi connectivity index (χ0) is 22.7. The second-order valence-electron chi connectivity index (χ2n) is 11.7. The fourth-order valence-electron chi connectivity index (χ4n) is 9.21. The average molecular weight is 433 g/mol. The van der Waals surface area contributed by atoms with E-state index in [1.807, 2.05) is 0 Å². The highest BCUT2D eigenvalue weighted by atomic mass is 16.5. The monoisotopic (exact) mass is 432 g/mol. The van der Waals surface area contributed by atoms with Crippen molar-refractivity contribution in [2.24, 2.45) is 46.3 Å². The summed E-state index contributed by atoms with van der Waals surface area (Å²) in [5.74, 6) is 2.13. The number of hydrogen-bond donors (Lipinski definition) is 0. The molecule has 4 fully saturated rings. The lowest BCUT2D eigenvalue weighted by molar-refractivity contribution is -0.200. The summed E-state index contributed by atoms with van der Waals surface area (Å²) >= 11 is 0. The maximum absolute atomic E-state index is 12.7. The van der Waals surface area contributed by atoms with E-state index in [1.165, 1.54) is 13.8 Å². The van der Waals surface area contributed by atoms with Gasteiger partial charge in [-0.15, -0.1) is 0 Å². The highest BCUT2D eigenvalue weighted by molar-refractivity contribution is 5.80. The van der Waals surface area contributed by atoms with Crippen LogP contribution in [-0.4, -0.2) is 29.9 Å². The Morgan fingerprint density at radius 1 is 0.871 bits per heavy atom. The van der Waals surface area contributed by atoms with Crippen molar-refractivity contribution in [2.45, 2.75) is 98.7 Å². The van der Waals surface area contributed by atoms with Crippen LogP contribution in [0.15, 0.2) is 0 Å². The molecule has 5 heteroatoms. The van der Waals surface area contributed by atoms with Crippen LogP contribution in [0.5, 0.6) is 0 Å². The van der Waals surface area contributed by atoms with Gasteiger partial charge in [0.2, 0.25) is 0 Å². The van der Waals surface area contributed by atoms with Crippen LogP contribution in [0.1, 0.15) is 86.5 Å². The van der Waals surface area contributed by atoms with Crippen LogP contribution in [0.4, 0.5) is 0 Å². The van der Waals surface area contributed by atoms with Gasteiger partial charge in [-0.25, -0.2) is 0 Å². The van der Waals surface area contributed by atoms with Crippen LogP contribution >= 0.6 is 0 Å². The lowest BCUT2D eigenvalue weighted by Gasteiger charge is -2.62. The number of rotatable bonds is 3. The number of fused-ring (bicyclic) bond motifs is 5. The van der Waals surface area contributed by atoms with Gasteiger partial charge in [-0.2, -0.15) is 0 Å². The minimum atomic E-state index is -0.212. The molecule has 174 valence electrons. The Kier molecular flexibility index (Phi) is 5.79. The lowest BCUT2D eigenvalue weighted by Crippen LogP contribution is -2.60. The van der Waals surface area contributed by atoms with E-state index < -0.39 is 0 Å². The first-order valence-corrected chi connectivity index (χ1v) is 12.3. The number of Topliss-reactive ketones (excluding diaryl/α,β-unsaturated/α-hetero) is 1. The first-order chi connectivity index (χ1) is 14.5. The predicted octanol–water partition coefficient (Wildman–Crippen LogP) is 4.95. The number of carbonyl (C=O) groups is 3. The molecular formula is C26H40O5. The molecule has 0 aromatic rings. The van der Waals surface area contributed by atoms with Crippen LogP contribution in [0.2, 0.25) is 0 Å². The van der Waals surface area contributed by atoms with Crippen molar-refractivity contribution >= 4 is 17.7 Å². The third-order valence-corrected chi connectivity index (χ3v) is 9.95. The molecule has 0 aromatic carbocycles. The molecule has 0 aliphatic heterocycles. The summed E-state index contributed by atoms with van der Waals surface area (Å²) in [6.45, 7) is 11.7. The molecule has 31 heavy (non-hydrogen) atoms. The Labute approximate surface area is 187 Å². The van der Waals surface area contributed by atoms with Gasteiger partial charge in [0.15, 0.2) is 0 Å². The Hall–Kier alpha value is -1.39. The topological polar surface area (TPSA) is 69.7 Å². The van der Waals surface area contributed by atoms with Gasteiger partial charge in [0.05, 0.1) is 0 Å². The van der Waals surface area contributed by atoms with E-state index in [4.69, 9.17) is 9.47 Å². The third kappa shape index (κ3) is 3.64. The Morgan fingerprint density at radius 2 is 1.55 bits per heavy atom. The summed E-state index contributed by atoms with van der Waals surface area (Å²) in [4.78, 5) is 36.3. The highest BCUT2D eigenvalue weighted by Crippen LogP contribution is 2.69. The zero-order valence-electron chi connectivity index (χ0n) is 20.1. The van der Waals surface area contributed by atoms with Crippen LogP contribution in [0.3, 0.4) is 0 Å². The molecule has 0 N–H and O–H groups in total. The fourth-order valence-corrected chi connectivity index (χ4v) is 9.21. The molecular weight excluding hydrogens is 392 g/mol. The van der Waals surface area contributed by atoms with Gasteiger partial charge in [-0.05, 0) is 86.4 Å². The van der Waals surface area contributed by atoms with Gasteiger partial charge >= 0.3 is 11.9 Å². The molecule has 0 heterocycles. The van der Waals surface area contributed by atoms with E-state index in [1.54, 1.807) is 6.92 Å². The minimum absolute atomic E-state index is 0.0155. The summed E-state index contributed by atoms with van der Waals surface area (Å²) in [6, 6.07) is 0. The van der Waals surface area contributed by atoms with E-state index in [0.717, 1.165) is 44.9 Å². The zero-order valence-corrected chi connectivity index (χ0v) is 20.1. The molecule has 4 aliphatic carbocycles. The molecule has 0 bridgehead atoms. The average Bonchev–Trinajstić information content (AvgIpc) is 2.90. The number of ketones is 1. The molecule has 4 saturated carbocycles. The smallest absolute Gasteiger partial charge is 0.302 e. The van der Waals surface area contributed by atoms with Crippen molar-refractivity contribution in [2.75, 3.05) is 0 Å². The lowest BCUT2D eigenvalue weighted by atomic mass is 9.43. The Morgan fingerprint density at radius 3 is 2.16 bits per heavy atom. The second kappa shape index (κ2) is 7.88. The molecule has 0 radical (unpaired) electrons. The predicted molar refractivity (Wildman–Crippen MR) is 117 cm³/mol. The Balaban J connectivity index is 1.68. The summed E-state index contributed by atoms with van der Waals surface area (Å²) in [6.07, 6.45) is 6.84. The molecule has 0 aromatic heterocycles. The van der Waals surface area contributed by atoms with Gasteiger partial charge in [0, 0.05) is 25.7 Å². The molecule has 5 nitrogen and oxygen atoms in total. The van der Waals surface area contributed by atoms with Crippen molar-refractivity contribution in [1.29, 1.82) is 0 Å². The van der Waals surface area contributed by atoms with Gasteiger partial charge in [-0.1, -0.05) is 20.8 Å². The van der Waals surface area contributed by atoms with Crippen LogP contribution in [-0.2, 0) is 23.9 Å². The van der Waals surface area contributed by atoms with Crippen molar-refractivity contribution in [3.05, 3.63) is 0 Å². The second-order valence-corrected chi connectivity index (χ2v) is 11.7. The summed E-state index contributed by atoms with van der Waals surface area (Å²) < 4.78 is 11.7. The fraction of sp³-hybridized carbons (Fsp3) is 0.885. The van der Waals surface area contributed by atoms with Crippen molar-refractivity contribution in [3.8, 4) is 0 Å². The van der Waals surface area contributed by atoms with E-state index in [9.17, 15) is 14.4 Å². The normalized spacial score (nSPS) is 48.7. The standard InChI is InChI=1S/C26H40O5/c1-14-11-21-20-8-7-18-12-19(30-16(3)28)9-10-25(18,5)24(20)22(31-17(4)29)13-26(21,6)23(14)15(2)27/h14,18-24H,7-13H2,1-6H3/t14-,18-,19-,20+,21+,22-,23-,24+,25+,26+/m1/s1. The van der Waals surface area contributed by atoms with Crippen molar-refractivity contribution in [3.63, 3.8) is 0 Å². The third-order valence-electron chi connectivity index (χ3n) is 9.95. The van der Waals surface area contributed by atoms with Gasteiger partial charge < -0.3 is 9.47 Å². The van der Waals surface area contributed by atoms with Gasteiger partial charge in [-0.3, -0.25) is 14.4 Å². The van der Waals surface area contributed by atoms with E-state index in [-0.39, 0.29) is 40.9 Å². The minimum Gasteiger partial charge on any atom is -0.463 e. The number of hydrogen-bond acceptors (Lipinski definition) is 5. The molecule has 4 aliphatic rings. The molecule has 0 unspecified atom stereocenters. The number of carbonyl (C=O) groups excluding carboxylic acids is 3.